The second kappa shape index (κ2) is 5.86. The van der Waals surface area contributed by atoms with Crippen molar-refractivity contribution in [3.63, 3.8) is 0 Å². The number of ketones is 2. The zero-order chi connectivity index (χ0) is 15.6. The summed E-state index contributed by atoms with van der Waals surface area (Å²) in [5.41, 5.74) is 5.15. The summed E-state index contributed by atoms with van der Waals surface area (Å²) in [5, 5.41) is -0.661. The van der Waals surface area contributed by atoms with Gasteiger partial charge in [-0.3, -0.25) is 14.4 Å². The third-order valence-electron chi connectivity index (χ3n) is 3.15. The first-order chi connectivity index (χ1) is 9.85. The summed E-state index contributed by atoms with van der Waals surface area (Å²) in [4.78, 5) is 38.7. The molecular formula is C12H14N3O5S. The maximum Gasteiger partial charge on any atom is 0.265 e. The molecule has 21 heavy (non-hydrogen) atoms. The molecule has 8 nitrogen and oxygen atoms in total. The van der Waals surface area contributed by atoms with E-state index in [0.717, 1.165) is 0 Å². The van der Waals surface area contributed by atoms with E-state index in [2.05, 4.69) is 4.99 Å². The second-order valence-electron chi connectivity index (χ2n) is 4.62. The zero-order valence-electron chi connectivity index (χ0n) is 11.1. The van der Waals surface area contributed by atoms with Crippen molar-refractivity contribution in [2.45, 2.75) is 25.3 Å². The molecule has 1 atom stereocenters. The van der Waals surface area contributed by atoms with Crippen LogP contribution in [0.15, 0.2) is 17.3 Å². The fourth-order valence-corrected chi connectivity index (χ4v) is 3.82. The van der Waals surface area contributed by atoms with Crippen molar-refractivity contribution >= 4 is 32.5 Å². The van der Waals surface area contributed by atoms with Gasteiger partial charge in [0.15, 0.2) is 17.6 Å². The molecule has 1 radical (unpaired) electrons. The van der Waals surface area contributed by atoms with Crippen LogP contribution < -0.4 is 5.73 Å². The maximum absolute atomic E-state index is 12.5. The Bertz CT molecular complexity index is 650. The number of allylic oxidation sites excluding steroid dienone is 1. The third kappa shape index (κ3) is 2.93. The van der Waals surface area contributed by atoms with Gasteiger partial charge in [-0.25, -0.2) is 13.4 Å². The fraction of sp³-hybridized carbons (Fsp3) is 0.417. The van der Waals surface area contributed by atoms with E-state index in [9.17, 15) is 22.8 Å². The summed E-state index contributed by atoms with van der Waals surface area (Å²) < 4.78 is 25.7. The van der Waals surface area contributed by atoms with Crippen LogP contribution in [0.5, 0.6) is 0 Å². The van der Waals surface area contributed by atoms with Crippen LogP contribution in [0.1, 0.15) is 19.3 Å². The Labute approximate surface area is 121 Å². The van der Waals surface area contributed by atoms with Gasteiger partial charge in [0.25, 0.3) is 10.0 Å². The molecule has 2 aliphatic rings. The molecule has 1 fully saturated rings. The SMILES string of the molecule is NC(=O)C1C(=O)[CH]CCCN1S(=O)(=O)C1=NC=CCC1=O. The Morgan fingerprint density at radius 2 is 2.10 bits per heavy atom. The standard InChI is InChI=1S/C12H14N3O5S/c13-11(18)10-8(16)4-1-2-7-15(10)21(19,20)12-9(17)5-3-6-14-12/h3-4,6,10H,1-2,5,7H2,(H2,13,18). The Hall–Kier alpha value is -1.87. The molecule has 1 amide bonds. The molecule has 113 valence electrons. The fourth-order valence-electron chi connectivity index (χ4n) is 2.18. The number of carbonyl (C=O) groups is 3. The molecule has 1 saturated heterocycles. The highest BCUT2D eigenvalue weighted by atomic mass is 32.2. The van der Waals surface area contributed by atoms with Crippen LogP contribution in [-0.2, 0) is 24.4 Å². The molecule has 0 aliphatic carbocycles. The number of primary amides is 1. The van der Waals surface area contributed by atoms with Crippen LogP contribution in [0, 0.1) is 6.42 Å². The third-order valence-corrected chi connectivity index (χ3v) is 4.98. The van der Waals surface area contributed by atoms with Gasteiger partial charge in [-0.1, -0.05) is 6.08 Å². The predicted molar refractivity (Wildman–Crippen MR) is 73.3 cm³/mol. The molecule has 0 saturated carbocycles. The number of carbonyl (C=O) groups excluding carboxylic acids is 3. The highest BCUT2D eigenvalue weighted by Crippen LogP contribution is 2.20. The second-order valence-corrected chi connectivity index (χ2v) is 6.42. The van der Waals surface area contributed by atoms with Gasteiger partial charge >= 0.3 is 0 Å². The summed E-state index contributed by atoms with van der Waals surface area (Å²) >= 11 is 0. The van der Waals surface area contributed by atoms with Crippen LogP contribution in [0.4, 0.5) is 0 Å². The first-order valence-electron chi connectivity index (χ1n) is 6.30. The van der Waals surface area contributed by atoms with Crippen LogP contribution >= 0.6 is 0 Å². The molecule has 2 heterocycles. The first kappa shape index (κ1) is 15.5. The monoisotopic (exact) mass is 312 g/mol. The van der Waals surface area contributed by atoms with Crippen LogP contribution in [0.2, 0.25) is 0 Å². The molecule has 2 N–H and O–H groups in total. The molecule has 2 rings (SSSR count). The molecule has 0 aromatic carbocycles. The number of aliphatic imine (C=N–C) groups is 1. The van der Waals surface area contributed by atoms with Crippen molar-refractivity contribution in [2.24, 2.45) is 10.7 Å². The highest BCUT2D eigenvalue weighted by molar-refractivity contribution is 8.06. The zero-order valence-corrected chi connectivity index (χ0v) is 11.9. The van der Waals surface area contributed by atoms with Gasteiger partial charge in [0, 0.05) is 25.6 Å². The lowest BCUT2D eigenvalue weighted by Crippen LogP contribution is -2.54. The average Bonchev–Trinajstić information content (AvgIpc) is 2.61. The van der Waals surface area contributed by atoms with Crippen LogP contribution in [0.3, 0.4) is 0 Å². The van der Waals surface area contributed by atoms with Gasteiger partial charge in [-0.2, -0.15) is 4.31 Å². The van der Waals surface area contributed by atoms with Crippen LogP contribution in [0.25, 0.3) is 0 Å². The molecular weight excluding hydrogens is 298 g/mol. The number of Topliss-reactive ketones (excluding diaryl/α,β-unsaturated/α-hetero) is 2. The minimum atomic E-state index is -4.34. The summed E-state index contributed by atoms with van der Waals surface area (Å²) in [6.45, 7) is -0.0752. The van der Waals surface area contributed by atoms with Gasteiger partial charge in [-0.05, 0) is 12.8 Å². The van der Waals surface area contributed by atoms with E-state index >= 15 is 0 Å². The van der Waals surface area contributed by atoms with E-state index in [-0.39, 0.29) is 13.0 Å². The summed E-state index contributed by atoms with van der Waals surface area (Å²) in [6.07, 6.45) is 4.48. The molecule has 2 aliphatic heterocycles. The number of hydrogen-bond donors (Lipinski definition) is 1. The Kier molecular flexibility index (Phi) is 4.33. The minimum absolute atomic E-state index is 0.0752. The topological polar surface area (TPSA) is 127 Å². The van der Waals surface area contributed by atoms with E-state index < -0.39 is 38.6 Å². The largest absolute Gasteiger partial charge is 0.368 e. The lowest BCUT2D eigenvalue weighted by molar-refractivity contribution is -0.129. The van der Waals surface area contributed by atoms with Crippen molar-refractivity contribution in [2.75, 3.05) is 6.54 Å². The summed E-state index contributed by atoms with van der Waals surface area (Å²) in [7, 11) is -4.34. The number of amides is 1. The van der Waals surface area contributed by atoms with Gasteiger partial charge in [0.1, 0.15) is 0 Å². The number of sulfonamides is 1. The van der Waals surface area contributed by atoms with E-state index in [1.54, 1.807) is 0 Å². The lowest BCUT2D eigenvalue weighted by atomic mass is 10.1. The van der Waals surface area contributed by atoms with Gasteiger partial charge in [-0.15, -0.1) is 0 Å². The molecule has 9 heteroatoms. The molecule has 0 bridgehead atoms. The minimum Gasteiger partial charge on any atom is -0.368 e. The predicted octanol–water partition coefficient (Wildman–Crippen LogP) is -1.08. The summed E-state index contributed by atoms with van der Waals surface area (Å²) in [5.74, 6) is -2.43. The van der Waals surface area contributed by atoms with Gasteiger partial charge in [0.2, 0.25) is 11.0 Å². The number of nitrogens with zero attached hydrogens (tertiary/aromatic N) is 2. The Morgan fingerprint density at radius 3 is 2.71 bits per heavy atom. The number of rotatable bonds is 2. The first-order valence-corrected chi connectivity index (χ1v) is 7.74. The number of nitrogens with two attached hydrogens (primary N) is 1. The maximum atomic E-state index is 12.5. The quantitative estimate of drug-likeness (QED) is 0.649. The smallest absolute Gasteiger partial charge is 0.265 e. The van der Waals surface area contributed by atoms with Crippen molar-refractivity contribution in [1.29, 1.82) is 0 Å². The molecule has 0 spiro atoms. The van der Waals surface area contributed by atoms with E-state index in [1.807, 2.05) is 0 Å². The summed E-state index contributed by atoms with van der Waals surface area (Å²) in [6, 6.07) is -1.63. The molecule has 0 aromatic heterocycles. The van der Waals surface area contributed by atoms with Crippen LogP contribution in [-0.4, -0.2) is 47.8 Å². The van der Waals surface area contributed by atoms with Crippen molar-refractivity contribution in [1.82, 2.24) is 4.31 Å². The van der Waals surface area contributed by atoms with Crippen molar-refractivity contribution < 1.29 is 22.8 Å². The molecule has 0 aromatic rings. The van der Waals surface area contributed by atoms with Crippen molar-refractivity contribution in [3.8, 4) is 0 Å². The lowest BCUT2D eigenvalue weighted by Gasteiger charge is -2.26. The Balaban J connectivity index is 2.47. The van der Waals surface area contributed by atoms with E-state index in [0.29, 0.717) is 17.1 Å². The van der Waals surface area contributed by atoms with E-state index in [1.165, 1.54) is 18.7 Å². The van der Waals surface area contributed by atoms with E-state index in [4.69, 9.17) is 5.73 Å². The number of hydrogen-bond acceptors (Lipinski definition) is 6. The van der Waals surface area contributed by atoms with Crippen molar-refractivity contribution in [3.05, 3.63) is 18.7 Å². The Morgan fingerprint density at radius 1 is 1.38 bits per heavy atom. The normalized spacial score (nSPS) is 24.6. The average molecular weight is 312 g/mol. The highest BCUT2D eigenvalue weighted by Gasteiger charge is 2.43. The van der Waals surface area contributed by atoms with Gasteiger partial charge in [0.05, 0.1) is 0 Å². The van der Waals surface area contributed by atoms with Gasteiger partial charge < -0.3 is 5.73 Å². The molecule has 1 unspecified atom stereocenters.